The molecule has 0 saturated carbocycles. The molecule has 21 heavy (non-hydrogen) atoms. The van der Waals surface area contributed by atoms with Crippen LogP contribution in [0, 0.1) is 5.92 Å². The maximum atomic E-state index is 6.38. The molecule has 0 aliphatic carbocycles. The van der Waals surface area contributed by atoms with Crippen molar-refractivity contribution >= 4 is 23.2 Å². The SMILES string of the molecule is CC(C)C12CCC(C)(O1)C(OCc1cc(Cl)ccc1Cl)C2. The molecule has 1 aromatic carbocycles. The topological polar surface area (TPSA) is 18.5 Å². The van der Waals surface area contributed by atoms with Crippen molar-refractivity contribution in [3.05, 3.63) is 33.8 Å². The molecule has 2 nitrogen and oxygen atoms in total. The summed E-state index contributed by atoms with van der Waals surface area (Å²) in [6, 6.07) is 5.48. The zero-order valence-corrected chi connectivity index (χ0v) is 14.3. The van der Waals surface area contributed by atoms with Crippen LogP contribution in [0.1, 0.15) is 45.6 Å². The zero-order valence-electron chi connectivity index (χ0n) is 12.8. The van der Waals surface area contributed by atoms with Gasteiger partial charge in [-0.25, -0.2) is 0 Å². The van der Waals surface area contributed by atoms with Gasteiger partial charge in [-0.1, -0.05) is 37.0 Å². The molecular formula is C17H22Cl2O2. The summed E-state index contributed by atoms with van der Waals surface area (Å²) >= 11 is 12.2. The molecule has 2 saturated heterocycles. The Labute approximate surface area is 136 Å². The maximum absolute atomic E-state index is 6.38. The van der Waals surface area contributed by atoms with Gasteiger partial charge in [0.1, 0.15) is 0 Å². The first-order chi connectivity index (χ1) is 9.85. The number of hydrogen-bond acceptors (Lipinski definition) is 2. The molecule has 3 unspecified atom stereocenters. The standard InChI is InChI=1S/C17H22Cl2O2/c1-11(2)17-7-6-16(3,21-17)15(9-17)20-10-12-8-13(18)4-5-14(12)19/h4-5,8,11,15H,6-7,9-10H2,1-3H3. The predicted molar refractivity (Wildman–Crippen MR) is 85.9 cm³/mol. The molecule has 0 spiro atoms. The van der Waals surface area contributed by atoms with Gasteiger partial charge >= 0.3 is 0 Å². The van der Waals surface area contributed by atoms with E-state index in [0.717, 1.165) is 24.8 Å². The van der Waals surface area contributed by atoms with E-state index in [2.05, 4.69) is 20.8 Å². The third-order valence-corrected chi connectivity index (χ3v) is 5.80. The third-order valence-electron chi connectivity index (χ3n) is 5.19. The molecule has 2 aliphatic rings. The van der Waals surface area contributed by atoms with Gasteiger partial charge in [-0.3, -0.25) is 0 Å². The molecule has 2 fully saturated rings. The van der Waals surface area contributed by atoms with E-state index in [1.807, 2.05) is 12.1 Å². The van der Waals surface area contributed by atoms with Crippen LogP contribution in [0.2, 0.25) is 10.0 Å². The smallest absolute Gasteiger partial charge is 0.0924 e. The minimum atomic E-state index is -0.157. The van der Waals surface area contributed by atoms with E-state index < -0.39 is 0 Å². The summed E-state index contributed by atoms with van der Waals surface area (Å²) < 4.78 is 12.5. The molecule has 2 bridgehead atoms. The fourth-order valence-corrected chi connectivity index (χ4v) is 4.01. The highest BCUT2D eigenvalue weighted by atomic mass is 35.5. The Balaban J connectivity index is 1.71. The van der Waals surface area contributed by atoms with E-state index in [4.69, 9.17) is 32.7 Å². The first-order valence-corrected chi connectivity index (χ1v) is 8.36. The summed E-state index contributed by atoms with van der Waals surface area (Å²) in [7, 11) is 0. The number of halogens is 2. The van der Waals surface area contributed by atoms with E-state index in [9.17, 15) is 0 Å². The van der Waals surface area contributed by atoms with Gasteiger partial charge in [0.15, 0.2) is 0 Å². The van der Waals surface area contributed by atoms with Crippen LogP contribution in [0.3, 0.4) is 0 Å². The van der Waals surface area contributed by atoms with Gasteiger partial charge in [0.05, 0.1) is 23.9 Å². The van der Waals surface area contributed by atoms with Crippen molar-refractivity contribution in [2.75, 3.05) is 0 Å². The highest BCUT2D eigenvalue weighted by Crippen LogP contribution is 2.55. The summed E-state index contributed by atoms with van der Waals surface area (Å²) in [4.78, 5) is 0. The Bertz CT molecular complexity index is 546. The van der Waals surface area contributed by atoms with Crippen molar-refractivity contribution in [3.8, 4) is 0 Å². The Morgan fingerprint density at radius 1 is 1.33 bits per heavy atom. The second kappa shape index (κ2) is 5.42. The van der Waals surface area contributed by atoms with Gasteiger partial charge in [-0.05, 0) is 49.4 Å². The fourth-order valence-electron chi connectivity index (χ4n) is 3.65. The van der Waals surface area contributed by atoms with E-state index in [-0.39, 0.29) is 17.3 Å². The Morgan fingerprint density at radius 3 is 2.76 bits per heavy atom. The quantitative estimate of drug-likeness (QED) is 0.751. The molecule has 0 radical (unpaired) electrons. The molecule has 0 aromatic heterocycles. The number of benzene rings is 1. The van der Waals surface area contributed by atoms with Crippen molar-refractivity contribution < 1.29 is 9.47 Å². The molecule has 4 heteroatoms. The van der Waals surface area contributed by atoms with Gasteiger partial charge in [0.2, 0.25) is 0 Å². The predicted octanol–water partition coefficient (Wildman–Crippen LogP) is 5.25. The molecule has 2 heterocycles. The molecular weight excluding hydrogens is 307 g/mol. The lowest BCUT2D eigenvalue weighted by molar-refractivity contribution is -0.0959. The van der Waals surface area contributed by atoms with Gasteiger partial charge in [-0.15, -0.1) is 0 Å². The zero-order chi connectivity index (χ0) is 15.3. The lowest BCUT2D eigenvalue weighted by Crippen LogP contribution is -2.38. The Hall–Kier alpha value is -0.280. The van der Waals surface area contributed by atoms with Gasteiger partial charge in [-0.2, -0.15) is 0 Å². The van der Waals surface area contributed by atoms with Gasteiger partial charge < -0.3 is 9.47 Å². The molecule has 3 atom stereocenters. The van der Waals surface area contributed by atoms with E-state index in [1.54, 1.807) is 6.07 Å². The van der Waals surface area contributed by atoms with Crippen LogP contribution in [0.25, 0.3) is 0 Å². The van der Waals surface area contributed by atoms with Crippen molar-refractivity contribution in [2.24, 2.45) is 5.92 Å². The van der Waals surface area contributed by atoms with Crippen LogP contribution in [0.4, 0.5) is 0 Å². The van der Waals surface area contributed by atoms with Crippen LogP contribution in [-0.4, -0.2) is 17.3 Å². The van der Waals surface area contributed by atoms with Crippen LogP contribution >= 0.6 is 23.2 Å². The molecule has 0 amide bonds. The second-order valence-corrected chi connectivity index (χ2v) is 7.72. The van der Waals surface area contributed by atoms with Crippen molar-refractivity contribution in [1.29, 1.82) is 0 Å². The Kier molecular flexibility index (Phi) is 4.03. The molecule has 1 aromatic rings. The van der Waals surface area contributed by atoms with Gasteiger partial charge in [0, 0.05) is 16.5 Å². The summed E-state index contributed by atoms with van der Waals surface area (Å²) in [5.74, 6) is 0.516. The van der Waals surface area contributed by atoms with Crippen LogP contribution in [-0.2, 0) is 16.1 Å². The highest BCUT2D eigenvalue weighted by Gasteiger charge is 2.60. The molecule has 2 aliphatic heterocycles. The lowest BCUT2D eigenvalue weighted by Gasteiger charge is -2.31. The first kappa shape index (κ1) is 15.6. The maximum Gasteiger partial charge on any atom is 0.0924 e. The third kappa shape index (κ3) is 2.72. The summed E-state index contributed by atoms with van der Waals surface area (Å²) in [5.41, 5.74) is 0.779. The second-order valence-electron chi connectivity index (χ2n) is 6.87. The number of ether oxygens (including phenoxy) is 2. The minimum Gasteiger partial charge on any atom is -0.370 e. The first-order valence-electron chi connectivity index (χ1n) is 7.60. The van der Waals surface area contributed by atoms with E-state index >= 15 is 0 Å². The van der Waals surface area contributed by atoms with E-state index in [0.29, 0.717) is 22.6 Å². The van der Waals surface area contributed by atoms with Gasteiger partial charge in [0.25, 0.3) is 0 Å². The fraction of sp³-hybridized carbons (Fsp3) is 0.647. The van der Waals surface area contributed by atoms with Crippen LogP contribution < -0.4 is 0 Å². The van der Waals surface area contributed by atoms with Crippen molar-refractivity contribution in [3.63, 3.8) is 0 Å². The Morgan fingerprint density at radius 2 is 2.10 bits per heavy atom. The van der Waals surface area contributed by atoms with E-state index in [1.165, 1.54) is 0 Å². The van der Waals surface area contributed by atoms with Crippen LogP contribution in [0.5, 0.6) is 0 Å². The van der Waals surface area contributed by atoms with Crippen molar-refractivity contribution in [1.82, 2.24) is 0 Å². The summed E-state index contributed by atoms with van der Waals surface area (Å²) in [6.07, 6.45) is 3.31. The minimum absolute atomic E-state index is 0.00244. The number of fused-ring (bicyclic) bond motifs is 2. The average molecular weight is 329 g/mol. The number of rotatable bonds is 4. The monoisotopic (exact) mass is 328 g/mol. The normalized spacial score (nSPS) is 34.9. The van der Waals surface area contributed by atoms with Crippen molar-refractivity contribution in [2.45, 2.75) is 63.9 Å². The summed E-state index contributed by atoms with van der Waals surface area (Å²) in [5, 5.41) is 1.39. The molecule has 116 valence electrons. The highest BCUT2D eigenvalue weighted by molar-refractivity contribution is 6.33. The molecule has 3 rings (SSSR count). The largest absolute Gasteiger partial charge is 0.370 e. The van der Waals surface area contributed by atoms with Crippen LogP contribution in [0.15, 0.2) is 18.2 Å². The lowest BCUT2D eigenvalue weighted by atomic mass is 9.75. The molecule has 0 N–H and O–H groups in total. The average Bonchev–Trinajstić information content (AvgIpc) is 2.92. The summed E-state index contributed by atoms with van der Waals surface area (Å²) in [6.45, 7) is 7.13. The number of hydrogen-bond donors (Lipinski definition) is 0.